The van der Waals surface area contributed by atoms with Crippen LogP contribution in [0.4, 0.5) is 0 Å². The lowest BCUT2D eigenvalue weighted by atomic mass is 10.2. The summed E-state index contributed by atoms with van der Waals surface area (Å²) in [6, 6.07) is 6.11. The van der Waals surface area contributed by atoms with Crippen LogP contribution in [0.5, 0.6) is 0 Å². The highest BCUT2D eigenvalue weighted by Gasteiger charge is 2.26. The molecule has 7 heteroatoms. The Morgan fingerprint density at radius 2 is 2.04 bits per heavy atom. The van der Waals surface area contributed by atoms with Gasteiger partial charge in [-0.1, -0.05) is 6.07 Å². The number of fused-ring (bicyclic) bond motifs is 1. The van der Waals surface area contributed by atoms with Crippen LogP contribution >= 0.6 is 0 Å². The van der Waals surface area contributed by atoms with E-state index in [1.54, 1.807) is 6.20 Å². The fraction of sp³-hybridized carbons (Fsp3) is 0.500. The summed E-state index contributed by atoms with van der Waals surface area (Å²) in [4.78, 5) is 26.0. The number of carbonyl (C=O) groups excluding carboxylic acids is 1. The van der Waals surface area contributed by atoms with Gasteiger partial charge in [-0.25, -0.2) is 4.98 Å². The lowest BCUT2D eigenvalue weighted by Crippen LogP contribution is -2.42. The van der Waals surface area contributed by atoms with Gasteiger partial charge in [0.25, 0.3) is 5.91 Å². The summed E-state index contributed by atoms with van der Waals surface area (Å²) < 4.78 is 7.40. The Hall–Kier alpha value is -2.25. The van der Waals surface area contributed by atoms with Crippen molar-refractivity contribution in [1.29, 1.82) is 0 Å². The van der Waals surface area contributed by atoms with E-state index in [0.717, 1.165) is 43.4 Å². The van der Waals surface area contributed by atoms with Gasteiger partial charge in [0.2, 0.25) is 0 Å². The van der Waals surface area contributed by atoms with E-state index in [-0.39, 0.29) is 5.91 Å². The van der Waals surface area contributed by atoms with Crippen LogP contribution in [-0.2, 0) is 24.4 Å². The average Bonchev–Trinajstić information content (AvgIpc) is 3.05. The molecule has 0 atom stereocenters. The maximum absolute atomic E-state index is 12.7. The molecule has 2 aliphatic rings. The third kappa shape index (κ3) is 3.43. The lowest BCUT2D eigenvalue weighted by Gasteiger charge is -2.30. The number of morpholine rings is 1. The number of ether oxygens (including phenoxy) is 1. The number of rotatable bonds is 3. The van der Waals surface area contributed by atoms with E-state index >= 15 is 0 Å². The van der Waals surface area contributed by atoms with Gasteiger partial charge in [0.15, 0.2) is 0 Å². The zero-order valence-electron chi connectivity index (χ0n) is 14.5. The molecule has 2 aliphatic heterocycles. The predicted octanol–water partition coefficient (Wildman–Crippen LogP) is 1.07. The van der Waals surface area contributed by atoms with E-state index in [4.69, 9.17) is 4.74 Å². The molecule has 7 nitrogen and oxygen atoms in total. The third-order valence-corrected chi connectivity index (χ3v) is 4.79. The molecule has 4 rings (SSSR count). The lowest BCUT2D eigenvalue weighted by molar-refractivity contribution is 0.0294. The van der Waals surface area contributed by atoms with Crippen LogP contribution in [0.3, 0.4) is 0 Å². The first-order valence-electron chi connectivity index (χ1n) is 8.77. The molecule has 0 N–H and O–H groups in total. The standard InChI is InChI=1S/C18H23N5O2/c1-14-3-2-4-15(20-14)12-21-5-6-23-16(11-19-17(23)13-21)18(24)22-7-9-25-10-8-22/h2-4,11H,5-10,12-13H2,1H3. The van der Waals surface area contributed by atoms with Crippen LogP contribution in [0.15, 0.2) is 24.4 Å². The maximum Gasteiger partial charge on any atom is 0.272 e. The molecule has 0 saturated carbocycles. The number of aromatic nitrogens is 3. The van der Waals surface area contributed by atoms with Gasteiger partial charge < -0.3 is 14.2 Å². The Kier molecular flexibility index (Phi) is 4.50. The van der Waals surface area contributed by atoms with E-state index in [1.807, 2.05) is 24.0 Å². The highest BCUT2D eigenvalue weighted by atomic mass is 16.5. The number of amides is 1. The van der Waals surface area contributed by atoms with Crippen LogP contribution < -0.4 is 0 Å². The molecular formula is C18H23N5O2. The van der Waals surface area contributed by atoms with Crippen molar-refractivity contribution < 1.29 is 9.53 Å². The Bertz CT molecular complexity index is 767. The van der Waals surface area contributed by atoms with Crippen LogP contribution in [0, 0.1) is 6.92 Å². The minimum atomic E-state index is 0.0656. The molecule has 132 valence electrons. The van der Waals surface area contributed by atoms with Gasteiger partial charge in [-0.3, -0.25) is 14.7 Å². The summed E-state index contributed by atoms with van der Waals surface area (Å²) in [6.07, 6.45) is 1.72. The molecule has 0 aliphatic carbocycles. The van der Waals surface area contributed by atoms with Gasteiger partial charge in [0.1, 0.15) is 11.5 Å². The summed E-state index contributed by atoms with van der Waals surface area (Å²) in [5.74, 6) is 1.02. The number of carbonyl (C=O) groups is 1. The van der Waals surface area contributed by atoms with E-state index in [1.165, 1.54) is 0 Å². The first-order chi connectivity index (χ1) is 12.2. The van der Waals surface area contributed by atoms with Crippen LogP contribution in [-0.4, -0.2) is 63.1 Å². The van der Waals surface area contributed by atoms with E-state index in [9.17, 15) is 4.79 Å². The fourth-order valence-corrected chi connectivity index (χ4v) is 3.46. The average molecular weight is 341 g/mol. The van der Waals surface area contributed by atoms with Crippen molar-refractivity contribution in [2.24, 2.45) is 0 Å². The molecule has 4 heterocycles. The van der Waals surface area contributed by atoms with Crippen LogP contribution in [0.25, 0.3) is 0 Å². The minimum absolute atomic E-state index is 0.0656. The Labute approximate surface area is 147 Å². The summed E-state index contributed by atoms with van der Waals surface area (Å²) in [5, 5.41) is 0. The van der Waals surface area contributed by atoms with Crippen molar-refractivity contribution in [2.75, 3.05) is 32.8 Å². The predicted molar refractivity (Wildman–Crippen MR) is 92.0 cm³/mol. The molecule has 0 spiro atoms. The third-order valence-electron chi connectivity index (χ3n) is 4.79. The van der Waals surface area contributed by atoms with E-state index in [2.05, 4.69) is 25.5 Å². The van der Waals surface area contributed by atoms with Crippen molar-refractivity contribution in [1.82, 2.24) is 24.3 Å². The molecule has 1 saturated heterocycles. The van der Waals surface area contributed by atoms with Gasteiger partial charge >= 0.3 is 0 Å². The zero-order valence-corrected chi connectivity index (χ0v) is 14.5. The zero-order chi connectivity index (χ0) is 17.2. The molecular weight excluding hydrogens is 318 g/mol. The van der Waals surface area contributed by atoms with E-state index in [0.29, 0.717) is 32.0 Å². The van der Waals surface area contributed by atoms with Crippen molar-refractivity contribution >= 4 is 5.91 Å². The van der Waals surface area contributed by atoms with Gasteiger partial charge in [-0.15, -0.1) is 0 Å². The number of hydrogen-bond acceptors (Lipinski definition) is 5. The Morgan fingerprint density at radius 1 is 1.20 bits per heavy atom. The van der Waals surface area contributed by atoms with Gasteiger partial charge in [0.05, 0.1) is 31.6 Å². The topological polar surface area (TPSA) is 63.5 Å². The second-order valence-electron chi connectivity index (χ2n) is 6.60. The van der Waals surface area contributed by atoms with Crippen LogP contribution in [0.1, 0.15) is 27.7 Å². The smallest absolute Gasteiger partial charge is 0.272 e. The second-order valence-corrected chi connectivity index (χ2v) is 6.60. The van der Waals surface area contributed by atoms with Crippen molar-refractivity contribution in [3.63, 3.8) is 0 Å². The highest BCUT2D eigenvalue weighted by Crippen LogP contribution is 2.18. The Morgan fingerprint density at radius 3 is 2.84 bits per heavy atom. The van der Waals surface area contributed by atoms with E-state index < -0.39 is 0 Å². The SMILES string of the molecule is Cc1cccc(CN2CCn3c(C(=O)N4CCOCC4)cnc3C2)n1. The van der Waals surface area contributed by atoms with Crippen molar-refractivity contribution in [2.45, 2.75) is 26.6 Å². The summed E-state index contributed by atoms with van der Waals surface area (Å²) in [7, 11) is 0. The number of aryl methyl sites for hydroxylation is 1. The quantitative estimate of drug-likeness (QED) is 0.836. The van der Waals surface area contributed by atoms with Crippen molar-refractivity contribution in [3.8, 4) is 0 Å². The van der Waals surface area contributed by atoms with Gasteiger partial charge in [0, 0.05) is 38.4 Å². The van der Waals surface area contributed by atoms with Gasteiger partial charge in [-0.2, -0.15) is 0 Å². The Balaban J connectivity index is 1.46. The van der Waals surface area contributed by atoms with Crippen molar-refractivity contribution in [3.05, 3.63) is 47.3 Å². The molecule has 0 bridgehead atoms. The molecule has 2 aromatic heterocycles. The summed E-state index contributed by atoms with van der Waals surface area (Å²) in [5.41, 5.74) is 2.81. The normalized spacial score (nSPS) is 18.2. The highest BCUT2D eigenvalue weighted by molar-refractivity contribution is 5.92. The molecule has 1 fully saturated rings. The molecule has 0 radical (unpaired) electrons. The summed E-state index contributed by atoms with van der Waals surface area (Å²) >= 11 is 0. The fourth-order valence-electron chi connectivity index (χ4n) is 3.46. The first-order valence-corrected chi connectivity index (χ1v) is 8.77. The summed E-state index contributed by atoms with van der Waals surface area (Å²) in [6.45, 7) is 7.78. The molecule has 2 aromatic rings. The monoisotopic (exact) mass is 341 g/mol. The number of nitrogens with zero attached hydrogens (tertiary/aromatic N) is 5. The minimum Gasteiger partial charge on any atom is -0.378 e. The molecule has 25 heavy (non-hydrogen) atoms. The van der Waals surface area contributed by atoms with Crippen LogP contribution in [0.2, 0.25) is 0 Å². The molecule has 0 aromatic carbocycles. The molecule has 0 unspecified atom stereocenters. The largest absolute Gasteiger partial charge is 0.378 e. The molecule has 1 amide bonds. The maximum atomic E-state index is 12.7. The number of hydrogen-bond donors (Lipinski definition) is 0. The van der Waals surface area contributed by atoms with Gasteiger partial charge in [-0.05, 0) is 19.1 Å². The number of pyridine rings is 1. The number of imidazole rings is 1. The second kappa shape index (κ2) is 6.93. The first kappa shape index (κ1) is 16.2.